The summed E-state index contributed by atoms with van der Waals surface area (Å²) < 4.78 is 0. The summed E-state index contributed by atoms with van der Waals surface area (Å²) in [6.07, 6.45) is 1.20. The lowest BCUT2D eigenvalue weighted by molar-refractivity contribution is 0.261. The van der Waals surface area contributed by atoms with Gasteiger partial charge in [-0.1, -0.05) is 13.8 Å². The monoisotopic (exact) mass is 144 g/mol. The van der Waals surface area contributed by atoms with E-state index in [1.165, 1.54) is 6.42 Å². The molecule has 0 amide bonds. The molecule has 2 N–H and O–H groups in total. The first-order valence-corrected chi connectivity index (χ1v) is 3.94. The second kappa shape index (κ2) is 4.69. The Balaban J connectivity index is 3.60. The highest BCUT2D eigenvalue weighted by Gasteiger charge is 2.09. The van der Waals surface area contributed by atoms with Crippen molar-refractivity contribution in [3.05, 3.63) is 0 Å². The van der Waals surface area contributed by atoms with Crippen molar-refractivity contribution in [3.63, 3.8) is 0 Å². The zero-order valence-electron chi connectivity index (χ0n) is 7.59. The molecule has 0 aliphatic rings. The summed E-state index contributed by atoms with van der Waals surface area (Å²) in [5.74, 6) is 0.746. The largest absolute Gasteiger partial charge is 0.329 e. The Morgan fingerprint density at radius 1 is 1.30 bits per heavy atom. The fourth-order valence-electron chi connectivity index (χ4n) is 1.06. The Morgan fingerprint density at radius 2 is 1.80 bits per heavy atom. The van der Waals surface area contributed by atoms with E-state index >= 15 is 0 Å². The van der Waals surface area contributed by atoms with Crippen LogP contribution in [0, 0.1) is 5.92 Å². The van der Waals surface area contributed by atoms with Gasteiger partial charge in [-0.2, -0.15) is 0 Å². The summed E-state index contributed by atoms with van der Waals surface area (Å²) in [4.78, 5) is 2.19. The lowest BCUT2D eigenvalue weighted by Gasteiger charge is -2.24. The van der Waals surface area contributed by atoms with Gasteiger partial charge in [-0.15, -0.1) is 0 Å². The van der Waals surface area contributed by atoms with E-state index < -0.39 is 0 Å². The molecule has 0 aromatic rings. The summed E-state index contributed by atoms with van der Waals surface area (Å²) in [7, 11) is 4.17. The maximum Gasteiger partial charge on any atom is 0.0214 e. The maximum atomic E-state index is 5.58. The molecule has 0 aliphatic carbocycles. The van der Waals surface area contributed by atoms with Crippen LogP contribution in [0.15, 0.2) is 0 Å². The van der Waals surface area contributed by atoms with Gasteiger partial charge in [0.15, 0.2) is 0 Å². The lowest BCUT2D eigenvalue weighted by atomic mass is 10.0. The van der Waals surface area contributed by atoms with Gasteiger partial charge in [-0.05, 0) is 26.4 Å². The Labute approximate surface area is 64.4 Å². The molecule has 0 aromatic heterocycles. The van der Waals surface area contributed by atoms with E-state index in [1.807, 2.05) is 0 Å². The highest BCUT2D eigenvalue weighted by molar-refractivity contribution is 4.67. The van der Waals surface area contributed by atoms with Gasteiger partial charge in [-0.3, -0.25) is 0 Å². The third-order valence-electron chi connectivity index (χ3n) is 1.75. The van der Waals surface area contributed by atoms with Crippen LogP contribution in [0.2, 0.25) is 0 Å². The summed E-state index contributed by atoms with van der Waals surface area (Å²) >= 11 is 0. The second-order valence-electron chi connectivity index (χ2n) is 3.48. The van der Waals surface area contributed by atoms with Crippen molar-refractivity contribution < 1.29 is 0 Å². The van der Waals surface area contributed by atoms with Crippen LogP contribution < -0.4 is 5.73 Å². The van der Waals surface area contributed by atoms with Gasteiger partial charge >= 0.3 is 0 Å². The zero-order valence-corrected chi connectivity index (χ0v) is 7.59. The number of nitrogens with two attached hydrogens (primary N) is 1. The van der Waals surface area contributed by atoms with Crippen molar-refractivity contribution in [2.45, 2.75) is 26.3 Å². The van der Waals surface area contributed by atoms with E-state index in [-0.39, 0.29) is 0 Å². The van der Waals surface area contributed by atoms with Crippen LogP contribution in [0.1, 0.15) is 20.3 Å². The zero-order chi connectivity index (χ0) is 8.15. The summed E-state index contributed by atoms with van der Waals surface area (Å²) in [6, 6.07) is 0.556. The predicted molar refractivity (Wildman–Crippen MR) is 46.0 cm³/mol. The van der Waals surface area contributed by atoms with Crippen molar-refractivity contribution in [1.82, 2.24) is 4.90 Å². The smallest absolute Gasteiger partial charge is 0.0214 e. The number of hydrogen-bond acceptors (Lipinski definition) is 2. The molecule has 0 radical (unpaired) electrons. The number of rotatable bonds is 4. The maximum absolute atomic E-state index is 5.58. The van der Waals surface area contributed by atoms with E-state index in [0.29, 0.717) is 6.04 Å². The van der Waals surface area contributed by atoms with Crippen LogP contribution in [0.4, 0.5) is 0 Å². The molecule has 2 nitrogen and oxygen atoms in total. The fraction of sp³-hybridized carbons (Fsp3) is 1.00. The topological polar surface area (TPSA) is 29.3 Å². The van der Waals surface area contributed by atoms with Gasteiger partial charge in [0.2, 0.25) is 0 Å². The third-order valence-corrected chi connectivity index (χ3v) is 1.75. The summed E-state index contributed by atoms with van der Waals surface area (Å²) in [5, 5.41) is 0. The van der Waals surface area contributed by atoms with Crippen molar-refractivity contribution in [3.8, 4) is 0 Å². The van der Waals surface area contributed by atoms with Crippen molar-refractivity contribution in [1.29, 1.82) is 0 Å². The van der Waals surface area contributed by atoms with Crippen LogP contribution in [-0.2, 0) is 0 Å². The molecular formula is C8H20N2. The van der Waals surface area contributed by atoms with E-state index in [9.17, 15) is 0 Å². The summed E-state index contributed by atoms with van der Waals surface area (Å²) in [6.45, 7) is 5.23. The molecule has 0 aliphatic heterocycles. The Hall–Kier alpha value is -0.0800. The minimum atomic E-state index is 0.556. The first-order valence-electron chi connectivity index (χ1n) is 3.94. The van der Waals surface area contributed by atoms with Gasteiger partial charge in [0.1, 0.15) is 0 Å². The molecule has 0 aromatic carbocycles. The Morgan fingerprint density at radius 3 is 1.90 bits per heavy atom. The highest BCUT2D eigenvalue weighted by Crippen LogP contribution is 2.06. The van der Waals surface area contributed by atoms with E-state index in [1.54, 1.807) is 0 Å². The standard InChI is InChI=1S/C8H20N2/c1-7(2)5-8(6-9)10(3)4/h7-8H,5-6,9H2,1-4H3/t8-/m0/s1. The predicted octanol–water partition coefficient (Wildman–Crippen LogP) is 0.921. The molecular weight excluding hydrogens is 124 g/mol. The van der Waals surface area contributed by atoms with Crippen LogP contribution in [-0.4, -0.2) is 31.6 Å². The molecule has 0 heterocycles. The van der Waals surface area contributed by atoms with Crippen LogP contribution >= 0.6 is 0 Å². The average molecular weight is 144 g/mol. The van der Waals surface area contributed by atoms with E-state index in [2.05, 4.69) is 32.8 Å². The van der Waals surface area contributed by atoms with Gasteiger partial charge < -0.3 is 10.6 Å². The molecule has 10 heavy (non-hydrogen) atoms. The quantitative estimate of drug-likeness (QED) is 0.636. The number of nitrogens with zero attached hydrogens (tertiary/aromatic N) is 1. The molecule has 0 bridgehead atoms. The first-order chi connectivity index (χ1) is 4.57. The molecule has 0 spiro atoms. The second-order valence-corrected chi connectivity index (χ2v) is 3.48. The molecule has 0 rings (SSSR count). The molecule has 2 heteroatoms. The SMILES string of the molecule is CC(C)C[C@@H](CN)N(C)C. The number of likely N-dealkylation sites (N-methyl/N-ethyl adjacent to an activating group) is 1. The number of hydrogen-bond donors (Lipinski definition) is 1. The Bertz CT molecular complexity index is 79.3. The minimum Gasteiger partial charge on any atom is -0.329 e. The average Bonchev–Trinajstić information content (AvgIpc) is 1.81. The van der Waals surface area contributed by atoms with Crippen molar-refractivity contribution in [2.75, 3.05) is 20.6 Å². The van der Waals surface area contributed by atoms with Gasteiger partial charge in [0, 0.05) is 12.6 Å². The van der Waals surface area contributed by atoms with E-state index in [4.69, 9.17) is 5.73 Å². The van der Waals surface area contributed by atoms with Gasteiger partial charge in [0.05, 0.1) is 0 Å². The van der Waals surface area contributed by atoms with Crippen molar-refractivity contribution in [2.24, 2.45) is 11.7 Å². The first kappa shape index (κ1) is 9.92. The van der Waals surface area contributed by atoms with Crippen molar-refractivity contribution >= 4 is 0 Å². The van der Waals surface area contributed by atoms with E-state index in [0.717, 1.165) is 12.5 Å². The van der Waals surface area contributed by atoms with Crippen LogP contribution in [0.5, 0.6) is 0 Å². The molecule has 0 saturated carbocycles. The highest BCUT2D eigenvalue weighted by atomic mass is 15.1. The van der Waals surface area contributed by atoms with Gasteiger partial charge in [-0.25, -0.2) is 0 Å². The van der Waals surface area contributed by atoms with Gasteiger partial charge in [0.25, 0.3) is 0 Å². The third kappa shape index (κ3) is 3.85. The molecule has 0 unspecified atom stereocenters. The lowest BCUT2D eigenvalue weighted by Crippen LogP contribution is -2.36. The Kier molecular flexibility index (Phi) is 4.65. The molecule has 62 valence electrons. The van der Waals surface area contributed by atoms with Crippen LogP contribution in [0.25, 0.3) is 0 Å². The molecule has 0 fully saturated rings. The summed E-state index contributed by atoms with van der Waals surface area (Å²) in [5.41, 5.74) is 5.58. The molecule has 0 saturated heterocycles. The molecule has 1 atom stereocenters. The minimum absolute atomic E-state index is 0.556. The normalized spacial score (nSPS) is 14.7. The van der Waals surface area contributed by atoms with Crippen LogP contribution in [0.3, 0.4) is 0 Å². The fourth-order valence-corrected chi connectivity index (χ4v) is 1.06.